The lowest BCUT2D eigenvalue weighted by molar-refractivity contribution is -0.141. The van der Waals surface area contributed by atoms with Gasteiger partial charge >= 0.3 is 5.97 Å². The average Bonchev–Trinajstić information content (AvgIpc) is 2.65. The first-order valence-corrected chi connectivity index (χ1v) is 6.04. The van der Waals surface area contributed by atoms with Crippen LogP contribution in [0.4, 0.5) is 0 Å². The van der Waals surface area contributed by atoms with Gasteiger partial charge in [0.25, 0.3) is 0 Å². The van der Waals surface area contributed by atoms with Crippen molar-refractivity contribution in [1.29, 1.82) is 0 Å². The van der Waals surface area contributed by atoms with E-state index in [1.807, 2.05) is 12.1 Å². The van der Waals surface area contributed by atoms with E-state index in [-0.39, 0.29) is 5.92 Å². The number of hydrogen-bond donors (Lipinski definition) is 1. The molecule has 0 aromatic heterocycles. The Morgan fingerprint density at radius 2 is 2.38 bits per heavy atom. The van der Waals surface area contributed by atoms with Gasteiger partial charge in [-0.2, -0.15) is 0 Å². The predicted molar refractivity (Wildman–Crippen MR) is 63.8 cm³/mol. The molecule has 0 amide bonds. The first-order valence-electron chi connectivity index (χ1n) is 5.25. The number of halogens is 1. The largest absolute Gasteiger partial charge is 0.493 e. The molecule has 0 aliphatic carbocycles. The van der Waals surface area contributed by atoms with Crippen LogP contribution in [0.3, 0.4) is 0 Å². The van der Waals surface area contributed by atoms with E-state index in [2.05, 4.69) is 15.9 Å². The van der Waals surface area contributed by atoms with Crippen molar-refractivity contribution in [2.24, 2.45) is 5.92 Å². The molecule has 1 aromatic carbocycles. The van der Waals surface area contributed by atoms with Crippen LogP contribution in [0.15, 0.2) is 16.6 Å². The summed E-state index contributed by atoms with van der Waals surface area (Å²) < 4.78 is 6.54. The average molecular weight is 285 g/mol. The van der Waals surface area contributed by atoms with E-state index in [1.165, 1.54) is 5.56 Å². The van der Waals surface area contributed by atoms with Crippen LogP contribution in [-0.4, -0.2) is 17.7 Å². The molecular formula is C12H13BrO3. The predicted octanol–water partition coefficient (Wildman–Crippen LogP) is 2.65. The highest BCUT2D eigenvalue weighted by atomic mass is 79.9. The topological polar surface area (TPSA) is 46.5 Å². The molecule has 1 unspecified atom stereocenters. The van der Waals surface area contributed by atoms with E-state index < -0.39 is 5.97 Å². The van der Waals surface area contributed by atoms with Crippen molar-refractivity contribution < 1.29 is 14.6 Å². The van der Waals surface area contributed by atoms with Crippen molar-refractivity contribution in [3.05, 3.63) is 27.7 Å². The fourth-order valence-corrected chi connectivity index (χ4v) is 2.47. The Morgan fingerprint density at radius 1 is 1.62 bits per heavy atom. The molecule has 0 fully saturated rings. The van der Waals surface area contributed by atoms with E-state index in [0.29, 0.717) is 13.0 Å². The number of benzene rings is 1. The zero-order valence-electron chi connectivity index (χ0n) is 9.00. The Kier molecular flexibility index (Phi) is 3.19. The second kappa shape index (κ2) is 4.45. The maximum Gasteiger partial charge on any atom is 0.306 e. The minimum atomic E-state index is -0.772. The number of fused-ring (bicyclic) bond motifs is 1. The third kappa shape index (κ3) is 2.21. The van der Waals surface area contributed by atoms with Gasteiger partial charge in [0.2, 0.25) is 0 Å². The molecule has 1 aromatic rings. The molecule has 1 aliphatic rings. The molecule has 0 radical (unpaired) electrons. The molecule has 0 spiro atoms. The summed E-state index contributed by atoms with van der Waals surface area (Å²) in [6, 6.07) is 3.99. The number of rotatable bonds is 3. The second-order valence-electron chi connectivity index (χ2n) is 4.10. The molecule has 0 saturated heterocycles. The van der Waals surface area contributed by atoms with Gasteiger partial charge in [0, 0.05) is 10.9 Å². The summed E-state index contributed by atoms with van der Waals surface area (Å²) in [7, 11) is 0. The summed E-state index contributed by atoms with van der Waals surface area (Å²) in [6.45, 7) is 2.41. The van der Waals surface area contributed by atoms with Gasteiger partial charge in [-0.3, -0.25) is 4.79 Å². The Hall–Kier alpha value is -1.03. The van der Waals surface area contributed by atoms with Crippen LogP contribution in [-0.2, 0) is 17.6 Å². The van der Waals surface area contributed by atoms with Gasteiger partial charge in [-0.1, -0.05) is 22.9 Å². The first-order chi connectivity index (χ1) is 7.58. The maximum absolute atomic E-state index is 10.8. The molecule has 0 bridgehead atoms. The van der Waals surface area contributed by atoms with Gasteiger partial charge in [-0.05, 0) is 29.7 Å². The minimum absolute atomic E-state index is 0.386. The summed E-state index contributed by atoms with van der Waals surface area (Å²) in [5.41, 5.74) is 2.15. The van der Waals surface area contributed by atoms with Gasteiger partial charge in [0.05, 0.1) is 12.5 Å². The highest BCUT2D eigenvalue weighted by molar-refractivity contribution is 9.10. The van der Waals surface area contributed by atoms with Crippen molar-refractivity contribution in [3.63, 3.8) is 0 Å². The zero-order valence-corrected chi connectivity index (χ0v) is 10.6. The van der Waals surface area contributed by atoms with Gasteiger partial charge < -0.3 is 9.84 Å². The van der Waals surface area contributed by atoms with E-state index in [4.69, 9.17) is 9.84 Å². The molecule has 1 N–H and O–H groups in total. The molecule has 16 heavy (non-hydrogen) atoms. The van der Waals surface area contributed by atoms with Crippen molar-refractivity contribution in [1.82, 2.24) is 0 Å². The van der Waals surface area contributed by atoms with E-state index in [9.17, 15) is 4.79 Å². The molecule has 1 atom stereocenters. The smallest absolute Gasteiger partial charge is 0.306 e. The van der Waals surface area contributed by atoms with Crippen molar-refractivity contribution in [2.45, 2.75) is 19.8 Å². The third-order valence-corrected chi connectivity index (χ3v) is 3.23. The van der Waals surface area contributed by atoms with Gasteiger partial charge in [-0.25, -0.2) is 0 Å². The maximum atomic E-state index is 10.8. The molecule has 1 heterocycles. The van der Waals surface area contributed by atoms with Crippen LogP contribution in [0.5, 0.6) is 5.75 Å². The highest BCUT2D eigenvalue weighted by Gasteiger charge is 2.20. The number of carboxylic acids is 1. The monoisotopic (exact) mass is 284 g/mol. The van der Waals surface area contributed by atoms with E-state index >= 15 is 0 Å². The Morgan fingerprint density at radius 3 is 3.06 bits per heavy atom. The molecule has 86 valence electrons. The first kappa shape index (κ1) is 11.5. The van der Waals surface area contributed by atoms with Crippen LogP contribution < -0.4 is 4.74 Å². The van der Waals surface area contributed by atoms with Gasteiger partial charge in [-0.15, -0.1) is 0 Å². The van der Waals surface area contributed by atoms with Gasteiger partial charge in [0.15, 0.2) is 0 Å². The molecular weight excluding hydrogens is 272 g/mol. The molecule has 1 aliphatic heterocycles. The zero-order chi connectivity index (χ0) is 11.7. The van der Waals surface area contributed by atoms with Crippen molar-refractivity contribution >= 4 is 21.9 Å². The molecule has 4 heteroatoms. The minimum Gasteiger partial charge on any atom is -0.493 e. The summed E-state index contributed by atoms with van der Waals surface area (Å²) in [4.78, 5) is 10.8. The lowest BCUT2D eigenvalue weighted by Crippen LogP contribution is -2.12. The lowest BCUT2D eigenvalue weighted by atomic mass is 9.98. The van der Waals surface area contributed by atoms with E-state index in [0.717, 1.165) is 22.2 Å². The normalized spacial score (nSPS) is 15.4. The SMILES string of the molecule is CC(Cc1cc(Br)cc2c1OCC2)C(=O)O. The quantitative estimate of drug-likeness (QED) is 0.928. The molecule has 2 rings (SSSR count). The van der Waals surface area contributed by atoms with Crippen LogP contribution in [0.1, 0.15) is 18.1 Å². The van der Waals surface area contributed by atoms with Crippen LogP contribution in [0.25, 0.3) is 0 Å². The Labute approximate surface area is 103 Å². The lowest BCUT2D eigenvalue weighted by Gasteiger charge is -2.11. The van der Waals surface area contributed by atoms with Crippen molar-refractivity contribution in [2.75, 3.05) is 6.61 Å². The second-order valence-corrected chi connectivity index (χ2v) is 5.01. The van der Waals surface area contributed by atoms with Crippen LogP contribution in [0, 0.1) is 5.92 Å². The highest BCUT2D eigenvalue weighted by Crippen LogP contribution is 2.34. The standard InChI is InChI=1S/C12H13BrO3/c1-7(12(14)15)4-9-6-10(13)5-8-2-3-16-11(8)9/h5-7H,2-4H2,1H3,(H,14,15). The number of hydrogen-bond acceptors (Lipinski definition) is 2. The van der Waals surface area contributed by atoms with E-state index in [1.54, 1.807) is 6.92 Å². The number of carboxylic acid groups (broad SMARTS) is 1. The summed E-state index contributed by atoms with van der Waals surface area (Å²) in [5.74, 6) is -0.273. The summed E-state index contributed by atoms with van der Waals surface area (Å²) in [6.07, 6.45) is 1.42. The number of aliphatic carboxylic acids is 1. The summed E-state index contributed by atoms with van der Waals surface area (Å²) >= 11 is 3.44. The third-order valence-electron chi connectivity index (χ3n) is 2.77. The van der Waals surface area contributed by atoms with Crippen molar-refractivity contribution in [3.8, 4) is 5.75 Å². The summed E-state index contributed by atoms with van der Waals surface area (Å²) in [5, 5.41) is 8.91. The van der Waals surface area contributed by atoms with Crippen LogP contribution in [0.2, 0.25) is 0 Å². The Bertz CT molecular complexity index is 429. The van der Waals surface area contributed by atoms with Crippen LogP contribution >= 0.6 is 15.9 Å². The fourth-order valence-electron chi connectivity index (χ4n) is 1.91. The fraction of sp³-hybridized carbons (Fsp3) is 0.417. The van der Waals surface area contributed by atoms with Gasteiger partial charge in [0.1, 0.15) is 5.75 Å². The number of carbonyl (C=O) groups is 1. The molecule has 0 saturated carbocycles. The Balaban J connectivity index is 2.30. The molecule has 3 nitrogen and oxygen atoms in total. The number of ether oxygens (including phenoxy) is 1.